The summed E-state index contributed by atoms with van der Waals surface area (Å²) in [6, 6.07) is 0.428. The Morgan fingerprint density at radius 2 is 2.00 bits per heavy atom. The van der Waals surface area contributed by atoms with Gasteiger partial charge < -0.3 is 15.3 Å². The first-order chi connectivity index (χ1) is 8.49. The van der Waals surface area contributed by atoms with E-state index < -0.39 is 5.97 Å². The van der Waals surface area contributed by atoms with Gasteiger partial charge >= 0.3 is 5.97 Å². The van der Waals surface area contributed by atoms with Crippen LogP contribution in [0.25, 0.3) is 0 Å². The Morgan fingerprint density at radius 3 is 2.50 bits per heavy atom. The topological polar surface area (TPSA) is 52.6 Å². The zero-order chi connectivity index (χ0) is 14.0. The fourth-order valence-electron chi connectivity index (χ4n) is 1.86. The average Bonchev–Trinajstić information content (AvgIpc) is 2.31. The van der Waals surface area contributed by atoms with E-state index in [1.807, 2.05) is 6.92 Å². The van der Waals surface area contributed by atoms with Crippen molar-refractivity contribution >= 4 is 5.97 Å². The Bertz CT molecular complexity index is 261. The molecular weight excluding hydrogens is 228 g/mol. The Morgan fingerprint density at radius 1 is 1.39 bits per heavy atom. The summed E-state index contributed by atoms with van der Waals surface area (Å²) in [5.41, 5.74) is 0.859. The minimum Gasteiger partial charge on any atom is -0.478 e. The predicted molar refractivity (Wildman–Crippen MR) is 75.9 cm³/mol. The quantitative estimate of drug-likeness (QED) is 0.588. The Balaban J connectivity index is 3.72. The van der Waals surface area contributed by atoms with Crippen LogP contribution in [0, 0.1) is 0 Å². The second-order valence-electron chi connectivity index (χ2n) is 4.78. The number of nitrogens with one attached hydrogen (secondary N) is 1. The summed E-state index contributed by atoms with van der Waals surface area (Å²) in [4.78, 5) is 12.9. The largest absolute Gasteiger partial charge is 0.478 e. The van der Waals surface area contributed by atoms with Crippen molar-refractivity contribution in [2.24, 2.45) is 0 Å². The highest BCUT2D eigenvalue weighted by atomic mass is 16.4. The van der Waals surface area contributed by atoms with Gasteiger partial charge in [0.15, 0.2) is 0 Å². The number of carbonyl (C=O) groups is 1. The highest BCUT2D eigenvalue weighted by Gasteiger charge is 2.04. The second kappa shape index (κ2) is 10.1. The van der Waals surface area contributed by atoms with Crippen molar-refractivity contribution < 1.29 is 9.90 Å². The Kier molecular flexibility index (Phi) is 9.60. The smallest absolute Gasteiger partial charge is 0.328 e. The highest BCUT2D eigenvalue weighted by molar-refractivity contribution is 5.80. The number of aliphatic carboxylic acids is 1. The molecule has 106 valence electrons. The summed E-state index contributed by atoms with van der Waals surface area (Å²) in [6.45, 7) is 12.4. The van der Waals surface area contributed by atoms with Crippen LogP contribution in [0.4, 0.5) is 0 Å². The molecule has 0 fully saturated rings. The van der Waals surface area contributed by atoms with Crippen LogP contribution in [0.15, 0.2) is 11.6 Å². The molecule has 0 aromatic rings. The van der Waals surface area contributed by atoms with E-state index in [0.29, 0.717) is 12.6 Å². The summed E-state index contributed by atoms with van der Waals surface area (Å²) in [5, 5.41) is 11.9. The number of nitrogens with zero attached hydrogens (tertiary/aromatic N) is 1. The maximum atomic E-state index is 10.5. The molecule has 4 nitrogen and oxygen atoms in total. The number of carboxylic acid groups (broad SMARTS) is 1. The second-order valence-corrected chi connectivity index (χ2v) is 4.78. The van der Waals surface area contributed by atoms with Crippen molar-refractivity contribution in [3.05, 3.63) is 11.6 Å². The van der Waals surface area contributed by atoms with Crippen molar-refractivity contribution in [2.45, 2.75) is 46.6 Å². The molecular formula is C14H28N2O2. The fraction of sp³-hybridized carbons (Fsp3) is 0.786. The van der Waals surface area contributed by atoms with Gasteiger partial charge in [-0.1, -0.05) is 19.4 Å². The van der Waals surface area contributed by atoms with Gasteiger partial charge in [-0.15, -0.1) is 0 Å². The SMILES string of the molecule is CCN(CC)CCCC(C)NCC(C)=CC(=O)O. The van der Waals surface area contributed by atoms with Gasteiger partial charge in [-0.3, -0.25) is 0 Å². The van der Waals surface area contributed by atoms with E-state index in [1.54, 1.807) is 0 Å². The third-order valence-corrected chi connectivity index (χ3v) is 3.11. The van der Waals surface area contributed by atoms with Crippen LogP contribution in [0.1, 0.15) is 40.5 Å². The van der Waals surface area contributed by atoms with E-state index in [0.717, 1.165) is 31.6 Å². The molecule has 0 saturated heterocycles. The molecule has 0 saturated carbocycles. The summed E-state index contributed by atoms with van der Waals surface area (Å²) in [5.74, 6) is -0.872. The molecule has 0 rings (SSSR count). The summed E-state index contributed by atoms with van der Waals surface area (Å²) in [7, 11) is 0. The molecule has 0 bridgehead atoms. The minimum absolute atomic E-state index is 0.428. The molecule has 0 aromatic heterocycles. The molecule has 2 N–H and O–H groups in total. The number of rotatable bonds is 10. The molecule has 0 aliphatic heterocycles. The molecule has 1 atom stereocenters. The van der Waals surface area contributed by atoms with Crippen molar-refractivity contribution in [3.63, 3.8) is 0 Å². The van der Waals surface area contributed by atoms with Crippen molar-refractivity contribution in [1.29, 1.82) is 0 Å². The molecule has 0 radical (unpaired) electrons. The van der Waals surface area contributed by atoms with Crippen molar-refractivity contribution in [1.82, 2.24) is 10.2 Å². The zero-order valence-corrected chi connectivity index (χ0v) is 12.2. The number of hydrogen-bond acceptors (Lipinski definition) is 3. The molecule has 0 heterocycles. The van der Waals surface area contributed by atoms with Gasteiger partial charge in [0, 0.05) is 18.7 Å². The third kappa shape index (κ3) is 9.19. The highest BCUT2D eigenvalue weighted by Crippen LogP contribution is 2.00. The lowest BCUT2D eigenvalue weighted by molar-refractivity contribution is -0.131. The first-order valence-corrected chi connectivity index (χ1v) is 6.85. The van der Waals surface area contributed by atoms with Gasteiger partial charge in [-0.25, -0.2) is 4.79 Å². The molecule has 4 heteroatoms. The molecule has 0 aliphatic carbocycles. The van der Waals surface area contributed by atoms with Crippen LogP contribution < -0.4 is 5.32 Å². The monoisotopic (exact) mass is 256 g/mol. The lowest BCUT2D eigenvalue weighted by Crippen LogP contribution is -2.30. The average molecular weight is 256 g/mol. The molecule has 0 spiro atoms. The molecule has 0 amide bonds. The van der Waals surface area contributed by atoms with Crippen LogP contribution in [-0.4, -0.2) is 48.2 Å². The zero-order valence-electron chi connectivity index (χ0n) is 12.2. The van der Waals surface area contributed by atoms with Gasteiger partial charge in [0.05, 0.1) is 0 Å². The van der Waals surface area contributed by atoms with Gasteiger partial charge in [-0.2, -0.15) is 0 Å². The van der Waals surface area contributed by atoms with Crippen LogP contribution in [0.2, 0.25) is 0 Å². The van der Waals surface area contributed by atoms with Gasteiger partial charge in [0.2, 0.25) is 0 Å². The van der Waals surface area contributed by atoms with Gasteiger partial charge in [0.1, 0.15) is 0 Å². The van der Waals surface area contributed by atoms with Crippen LogP contribution in [-0.2, 0) is 4.79 Å². The number of carboxylic acids is 1. The molecule has 0 aliphatic rings. The van der Waals surface area contributed by atoms with Crippen molar-refractivity contribution in [2.75, 3.05) is 26.2 Å². The van der Waals surface area contributed by atoms with E-state index in [4.69, 9.17) is 5.11 Å². The Labute approximate surface area is 111 Å². The van der Waals surface area contributed by atoms with Crippen LogP contribution in [0.5, 0.6) is 0 Å². The molecule has 0 aromatic carbocycles. The van der Waals surface area contributed by atoms with Gasteiger partial charge in [-0.05, 0) is 46.3 Å². The maximum Gasteiger partial charge on any atom is 0.328 e. The van der Waals surface area contributed by atoms with Crippen molar-refractivity contribution in [3.8, 4) is 0 Å². The molecule has 1 unspecified atom stereocenters. The first kappa shape index (κ1) is 17.1. The minimum atomic E-state index is -0.872. The first-order valence-electron chi connectivity index (χ1n) is 6.85. The van der Waals surface area contributed by atoms with Gasteiger partial charge in [0.25, 0.3) is 0 Å². The summed E-state index contributed by atoms with van der Waals surface area (Å²) >= 11 is 0. The lowest BCUT2D eigenvalue weighted by atomic mass is 10.1. The van der Waals surface area contributed by atoms with E-state index in [2.05, 4.69) is 31.0 Å². The maximum absolute atomic E-state index is 10.5. The van der Waals surface area contributed by atoms with E-state index in [9.17, 15) is 4.79 Å². The number of hydrogen-bond donors (Lipinski definition) is 2. The van der Waals surface area contributed by atoms with E-state index in [-0.39, 0.29) is 0 Å². The fourth-order valence-corrected chi connectivity index (χ4v) is 1.86. The summed E-state index contributed by atoms with van der Waals surface area (Å²) < 4.78 is 0. The van der Waals surface area contributed by atoms with Crippen LogP contribution in [0.3, 0.4) is 0 Å². The van der Waals surface area contributed by atoms with E-state index >= 15 is 0 Å². The van der Waals surface area contributed by atoms with E-state index in [1.165, 1.54) is 12.5 Å². The lowest BCUT2D eigenvalue weighted by Gasteiger charge is -2.19. The normalized spacial score (nSPS) is 13.9. The predicted octanol–water partition coefficient (Wildman–Crippen LogP) is 2.12. The van der Waals surface area contributed by atoms with Crippen LogP contribution >= 0.6 is 0 Å². The standard InChI is InChI=1S/C14H28N2O2/c1-5-16(6-2)9-7-8-13(4)15-11-12(3)10-14(17)18/h10,13,15H,5-9,11H2,1-4H3,(H,17,18). The summed E-state index contributed by atoms with van der Waals surface area (Å²) in [6.07, 6.45) is 3.56. The molecule has 18 heavy (non-hydrogen) atoms. The third-order valence-electron chi connectivity index (χ3n) is 3.11. The Hall–Kier alpha value is -0.870.